The first-order valence-electron chi connectivity index (χ1n) is 8.74. The van der Waals surface area contributed by atoms with Crippen molar-refractivity contribution in [1.29, 1.82) is 0 Å². The Bertz CT molecular complexity index is 658. The van der Waals surface area contributed by atoms with Crippen molar-refractivity contribution >= 4 is 23.6 Å². The molecule has 0 radical (unpaired) electrons. The van der Waals surface area contributed by atoms with Crippen molar-refractivity contribution < 1.29 is 9.59 Å². The molecule has 1 aliphatic rings. The van der Waals surface area contributed by atoms with E-state index in [1.165, 1.54) is 0 Å². The summed E-state index contributed by atoms with van der Waals surface area (Å²) in [6, 6.07) is 7.14. The zero-order valence-corrected chi connectivity index (χ0v) is 17.2. The zero-order chi connectivity index (χ0) is 19.0. The van der Waals surface area contributed by atoms with Crippen LogP contribution in [-0.2, 0) is 4.79 Å². The van der Waals surface area contributed by atoms with Gasteiger partial charge in [0.2, 0.25) is 5.91 Å². The highest BCUT2D eigenvalue weighted by atomic mass is 32.2. The molecule has 1 fully saturated rings. The number of benzene rings is 1. The molecule has 5 heteroatoms. The monoisotopic (exact) mass is 362 g/mol. The molecule has 25 heavy (non-hydrogen) atoms. The number of amides is 2. The summed E-state index contributed by atoms with van der Waals surface area (Å²) in [5.74, 6) is 0.493. The third-order valence-corrected chi connectivity index (χ3v) is 5.91. The summed E-state index contributed by atoms with van der Waals surface area (Å²) in [7, 11) is 0. The maximum absolute atomic E-state index is 13.3. The number of nitrogens with zero attached hydrogens (tertiary/aromatic N) is 1. The minimum atomic E-state index is -0.444. The van der Waals surface area contributed by atoms with E-state index in [1.54, 1.807) is 16.7 Å². The van der Waals surface area contributed by atoms with Crippen LogP contribution in [0.15, 0.2) is 24.3 Å². The van der Waals surface area contributed by atoms with Crippen LogP contribution in [0, 0.1) is 12.3 Å². The summed E-state index contributed by atoms with van der Waals surface area (Å²) in [5, 5.41) is 3.01. The van der Waals surface area contributed by atoms with E-state index in [4.69, 9.17) is 0 Å². The molecule has 1 N–H and O–H groups in total. The minimum absolute atomic E-state index is 0.0321. The highest BCUT2D eigenvalue weighted by molar-refractivity contribution is 8.00. The van der Waals surface area contributed by atoms with Crippen LogP contribution >= 0.6 is 11.8 Å². The first-order valence-corrected chi connectivity index (χ1v) is 9.78. The van der Waals surface area contributed by atoms with Gasteiger partial charge >= 0.3 is 0 Å². The number of carbonyl (C=O) groups excluding carboxylic acids is 2. The fourth-order valence-electron chi connectivity index (χ4n) is 3.03. The Morgan fingerprint density at radius 1 is 1.12 bits per heavy atom. The van der Waals surface area contributed by atoms with Crippen molar-refractivity contribution in [2.24, 2.45) is 5.41 Å². The van der Waals surface area contributed by atoms with Crippen LogP contribution in [0.4, 0.5) is 0 Å². The van der Waals surface area contributed by atoms with Crippen LogP contribution in [0.2, 0.25) is 0 Å². The predicted molar refractivity (Wildman–Crippen MR) is 105 cm³/mol. The zero-order valence-electron chi connectivity index (χ0n) is 16.3. The second-order valence-electron chi connectivity index (χ2n) is 8.83. The largest absolute Gasteiger partial charge is 0.350 e. The van der Waals surface area contributed by atoms with Crippen molar-refractivity contribution in [3.8, 4) is 0 Å². The molecule has 1 saturated heterocycles. The lowest BCUT2D eigenvalue weighted by Crippen LogP contribution is -2.55. The van der Waals surface area contributed by atoms with Crippen LogP contribution in [0.25, 0.3) is 0 Å². The third-order valence-electron chi connectivity index (χ3n) is 4.15. The smallest absolute Gasteiger partial charge is 0.255 e. The average Bonchev–Trinajstić information content (AvgIpc) is 2.90. The molecule has 2 amide bonds. The quantitative estimate of drug-likeness (QED) is 0.870. The fourth-order valence-corrected chi connectivity index (χ4v) is 4.61. The summed E-state index contributed by atoms with van der Waals surface area (Å²) in [6.45, 7) is 14.2. The maximum Gasteiger partial charge on any atom is 0.255 e. The lowest BCUT2D eigenvalue weighted by molar-refractivity contribution is -0.126. The standard InChI is InChI=1S/C20H30N2O2S/c1-13-10-8-9-11-14(13)17(24)22-15(16(23)21-20(5,6)7)12-25-18(22)19(2,3)4/h8-11,15,18H,12H2,1-7H3,(H,21,23)/t15-,18+/m0/s1. The molecule has 1 aromatic rings. The van der Waals surface area contributed by atoms with Gasteiger partial charge in [-0.3, -0.25) is 9.59 Å². The molecule has 0 spiro atoms. The molecule has 138 valence electrons. The van der Waals surface area contributed by atoms with Gasteiger partial charge in [-0.1, -0.05) is 39.0 Å². The van der Waals surface area contributed by atoms with E-state index >= 15 is 0 Å². The Morgan fingerprint density at radius 3 is 2.24 bits per heavy atom. The molecule has 0 aromatic heterocycles. The number of thioether (sulfide) groups is 1. The summed E-state index contributed by atoms with van der Waals surface area (Å²) >= 11 is 1.69. The molecule has 1 aromatic carbocycles. The normalized spacial score (nSPS) is 21.3. The topological polar surface area (TPSA) is 49.4 Å². The molecule has 0 saturated carbocycles. The molecule has 2 rings (SSSR count). The van der Waals surface area contributed by atoms with Crippen LogP contribution in [0.5, 0.6) is 0 Å². The lowest BCUT2D eigenvalue weighted by Gasteiger charge is -2.37. The van der Waals surface area contributed by atoms with Gasteiger partial charge in [-0.2, -0.15) is 0 Å². The first-order chi connectivity index (χ1) is 11.4. The molecule has 1 heterocycles. The van der Waals surface area contributed by atoms with E-state index < -0.39 is 6.04 Å². The maximum atomic E-state index is 13.3. The number of rotatable bonds is 2. The van der Waals surface area contributed by atoms with Crippen molar-refractivity contribution in [2.75, 3.05) is 5.75 Å². The molecular formula is C20H30N2O2S. The van der Waals surface area contributed by atoms with Gasteiger partial charge in [-0.25, -0.2) is 0 Å². The van der Waals surface area contributed by atoms with Crippen molar-refractivity contribution in [1.82, 2.24) is 10.2 Å². The van der Waals surface area contributed by atoms with E-state index in [1.807, 2.05) is 52.0 Å². The Kier molecular flexibility index (Phi) is 5.57. The average molecular weight is 363 g/mol. The summed E-state index contributed by atoms with van der Waals surface area (Å²) < 4.78 is 0. The molecule has 0 aliphatic carbocycles. The molecule has 0 unspecified atom stereocenters. The van der Waals surface area contributed by atoms with Crippen LogP contribution in [0.3, 0.4) is 0 Å². The summed E-state index contributed by atoms with van der Waals surface area (Å²) in [5.41, 5.74) is 1.18. The summed E-state index contributed by atoms with van der Waals surface area (Å²) in [6.07, 6.45) is 0. The highest BCUT2D eigenvalue weighted by Crippen LogP contribution is 2.41. The van der Waals surface area contributed by atoms with Gasteiger partial charge in [0.05, 0.1) is 5.37 Å². The highest BCUT2D eigenvalue weighted by Gasteiger charge is 2.47. The second kappa shape index (κ2) is 7.02. The number of hydrogen-bond donors (Lipinski definition) is 1. The Labute approximate surface area is 155 Å². The molecule has 1 aliphatic heterocycles. The Morgan fingerprint density at radius 2 is 1.72 bits per heavy atom. The van der Waals surface area contributed by atoms with Crippen molar-refractivity contribution in [3.05, 3.63) is 35.4 Å². The van der Waals surface area contributed by atoms with E-state index in [-0.39, 0.29) is 28.1 Å². The third kappa shape index (κ3) is 4.57. The van der Waals surface area contributed by atoms with Crippen molar-refractivity contribution in [2.45, 2.75) is 65.4 Å². The van der Waals surface area contributed by atoms with Gasteiger partial charge in [-0.05, 0) is 44.7 Å². The molecular weight excluding hydrogens is 332 g/mol. The molecule has 2 atom stereocenters. The second-order valence-corrected chi connectivity index (χ2v) is 9.95. The minimum Gasteiger partial charge on any atom is -0.350 e. The Hall–Kier alpha value is -1.49. The van der Waals surface area contributed by atoms with E-state index in [0.29, 0.717) is 11.3 Å². The molecule has 4 nitrogen and oxygen atoms in total. The van der Waals surface area contributed by atoms with Gasteiger partial charge < -0.3 is 10.2 Å². The first kappa shape index (κ1) is 19.8. The van der Waals surface area contributed by atoms with E-state index in [9.17, 15) is 9.59 Å². The van der Waals surface area contributed by atoms with Gasteiger partial charge in [0.1, 0.15) is 6.04 Å². The number of nitrogens with one attached hydrogen (secondary N) is 1. The van der Waals surface area contributed by atoms with E-state index in [2.05, 4.69) is 26.1 Å². The van der Waals surface area contributed by atoms with Crippen LogP contribution in [-0.4, -0.2) is 39.4 Å². The SMILES string of the molecule is Cc1ccccc1C(=O)N1[C@H](C(=O)NC(C)(C)C)CS[C@@H]1C(C)(C)C. The van der Waals surface area contributed by atoms with Crippen LogP contribution in [0.1, 0.15) is 57.5 Å². The number of hydrogen-bond acceptors (Lipinski definition) is 3. The number of carbonyl (C=O) groups is 2. The predicted octanol–water partition coefficient (Wildman–Crippen LogP) is 3.84. The lowest BCUT2D eigenvalue weighted by atomic mass is 9.93. The van der Waals surface area contributed by atoms with Crippen LogP contribution < -0.4 is 5.32 Å². The number of aryl methyl sites for hydroxylation is 1. The Balaban J connectivity index is 2.39. The fraction of sp³-hybridized carbons (Fsp3) is 0.600. The molecule has 0 bridgehead atoms. The van der Waals surface area contributed by atoms with Gasteiger partial charge in [-0.15, -0.1) is 11.8 Å². The van der Waals surface area contributed by atoms with Gasteiger partial charge in [0.25, 0.3) is 5.91 Å². The van der Waals surface area contributed by atoms with E-state index in [0.717, 1.165) is 5.56 Å². The van der Waals surface area contributed by atoms with Gasteiger partial charge in [0, 0.05) is 16.9 Å². The van der Waals surface area contributed by atoms with Gasteiger partial charge in [0.15, 0.2) is 0 Å². The summed E-state index contributed by atoms with van der Waals surface area (Å²) in [4.78, 5) is 28.0. The van der Waals surface area contributed by atoms with Crippen molar-refractivity contribution in [3.63, 3.8) is 0 Å².